The Hall–Kier alpha value is -1.58. The van der Waals surface area contributed by atoms with Gasteiger partial charge in [0.15, 0.2) is 0 Å². The highest BCUT2D eigenvalue weighted by Crippen LogP contribution is 2.41. The van der Waals surface area contributed by atoms with Gasteiger partial charge < -0.3 is 9.47 Å². The first-order valence-electron chi connectivity index (χ1n) is 41.1. The second kappa shape index (κ2) is 71.3. The fourth-order valence-corrected chi connectivity index (χ4v) is 14.0. The molecule has 2 unspecified atom stereocenters. The lowest BCUT2D eigenvalue weighted by molar-refractivity contribution is -0.159. The van der Waals surface area contributed by atoms with Crippen LogP contribution in [0.5, 0.6) is 0 Å². The number of esters is 2. The Balaban J connectivity index is 6.05. The predicted octanol–water partition coefficient (Wildman–Crippen LogP) is 29.8. The molecule has 88 heavy (non-hydrogen) atoms. The molecule has 0 aromatic rings. The van der Waals surface area contributed by atoms with Crippen molar-refractivity contribution in [3.63, 3.8) is 0 Å². The van der Waals surface area contributed by atoms with Crippen molar-refractivity contribution in [3.05, 3.63) is 24.3 Å². The van der Waals surface area contributed by atoms with Crippen LogP contribution in [0.2, 0.25) is 0 Å². The summed E-state index contributed by atoms with van der Waals surface area (Å²) in [6.45, 7) is 15.0. The minimum atomic E-state index is -0.340. The van der Waals surface area contributed by atoms with E-state index in [1.165, 1.54) is 347 Å². The predicted molar refractivity (Wildman–Crippen MR) is 393 cm³/mol. The van der Waals surface area contributed by atoms with Gasteiger partial charge >= 0.3 is 11.9 Å². The average Bonchev–Trinajstić information content (AvgIpc) is 3.71. The van der Waals surface area contributed by atoms with E-state index in [9.17, 15) is 9.59 Å². The van der Waals surface area contributed by atoms with Crippen LogP contribution in [0.15, 0.2) is 24.3 Å². The molecule has 4 heteroatoms. The fourth-order valence-electron chi connectivity index (χ4n) is 14.0. The standard InChI is InChI=1S/C84H162O4/c1-7-13-19-25-31-37-39-41-43-45-47-51-59-67-75-83(73-65-57-49-33-27-21-15-9-3,81(85)87-79-71-63-55-35-29-23-17-11-5)77-69-61-53-54-62-70-78-84(74-66-58-50-34-28-22-16-10-4,82(86)88-80-72-64-56-36-30-24-18-12-6)76-68-60-52-48-46-44-42-40-38-32-26-20-14-8-2/h41-44H,7-40,45-80H2,1-6H3/b43-41-,44-42-. The summed E-state index contributed by atoms with van der Waals surface area (Å²) in [7, 11) is 0. The topological polar surface area (TPSA) is 52.6 Å². The number of rotatable bonds is 75. The van der Waals surface area contributed by atoms with Crippen LogP contribution < -0.4 is 0 Å². The third-order valence-electron chi connectivity index (χ3n) is 20.2. The maximum atomic E-state index is 14.7. The maximum Gasteiger partial charge on any atom is 0.312 e. The Morgan fingerprint density at radius 3 is 0.534 bits per heavy atom. The zero-order valence-electron chi connectivity index (χ0n) is 61.4. The van der Waals surface area contributed by atoms with Crippen molar-refractivity contribution in [1.29, 1.82) is 0 Å². The SMILES string of the molecule is CCCCCCCC/C=C\CCCCCCC(CCCCCCCCCC)(CCCCCCCCC(CCCCCC/C=C\CCCCCCCC)(CCCCCCCCCC)C(=O)OCCCCCCCCCC)C(=O)OCCCCCCCCCC. The Labute approximate surface area is 554 Å². The van der Waals surface area contributed by atoms with Crippen LogP contribution in [-0.4, -0.2) is 25.2 Å². The molecule has 0 aliphatic rings. The molecule has 0 saturated heterocycles. The minimum Gasteiger partial charge on any atom is -0.465 e. The smallest absolute Gasteiger partial charge is 0.312 e. The zero-order valence-corrected chi connectivity index (χ0v) is 61.4. The van der Waals surface area contributed by atoms with E-state index in [4.69, 9.17) is 9.47 Å². The molecule has 0 heterocycles. The van der Waals surface area contributed by atoms with Gasteiger partial charge in [-0.15, -0.1) is 0 Å². The summed E-state index contributed by atoms with van der Waals surface area (Å²) in [4.78, 5) is 29.4. The normalized spacial score (nSPS) is 13.3. The molecular formula is C84H162O4. The van der Waals surface area contributed by atoms with E-state index in [2.05, 4.69) is 65.8 Å². The molecule has 522 valence electrons. The number of hydrogen-bond donors (Lipinski definition) is 0. The van der Waals surface area contributed by atoms with Crippen LogP contribution in [0.3, 0.4) is 0 Å². The second-order valence-electron chi connectivity index (χ2n) is 28.8. The van der Waals surface area contributed by atoms with Crippen molar-refractivity contribution >= 4 is 11.9 Å². The first-order valence-corrected chi connectivity index (χ1v) is 41.1. The van der Waals surface area contributed by atoms with E-state index in [0.29, 0.717) is 13.2 Å². The van der Waals surface area contributed by atoms with Crippen LogP contribution in [0.1, 0.15) is 478 Å². The van der Waals surface area contributed by atoms with Gasteiger partial charge in [0, 0.05) is 0 Å². The molecule has 0 aromatic heterocycles. The molecule has 0 spiro atoms. The van der Waals surface area contributed by atoms with Gasteiger partial charge in [-0.2, -0.15) is 0 Å². The number of carbonyl (C=O) groups excluding carboxylic acids is 2. The van der Waals surface area contributed by atoms with Crippen molar-refractivity contribution in [3.8, 4) is 0 Å². The zero-order chi connectivity index (χ0) is 63.9. The minimum absolute atomic E-state index is 0.147. The quantitative estimate of drug-likeness (QED) is 0.0346. The molecular weight excluding hydrogens is 1070 g/mol. The molecule has 0 aliphatic heterocycles. The van der Waals surface area contributed by atoms with E-state index in [0.717, 1.165) is 89.9 Å². The molecule has 4 nitrogen and oxygen atoms in total. The van der Waals surface area contributed by atoms with E-state index in [1.54, 1.807) is 0 Å². The summed E-state index contributed by atoms with van der Waals surface area (Å²) >= 11 is 0. The summed E-state index contributed by atoms with van der Waals surface area (Å²) in [6, 6.07) is 0. The van der Waals surface area contributed by atoms with E-state index in [1.807, 2.05) is 0 Å². The molecule has 0 aliphatic carbocycles. The lowest BCUT2D eigenvalue weighted by Crippen LogP contribution is -2.34. The first-order chi connectivity index (χ1) is 43.4. The van der Waals surface area contributed by atoms with E-state index >= 15 is 0 Å². The molecule has 2 atom stereocenters. The lowest BCUT2D eigenvalue weighted by atomic mass is 9.73. The second-order valence-corrected chi connectivity index (χ2v) is 28.8. The average molecular weight is 1240 g/mol. The highest BCUT2D eigenvalue weighted by atomic mass is 16.5. The Kier molecular flexibility index (Phi) is 70.0. The van der Waals surface area contributed by atoms with Crippen LogP contribution in [-0.2, 0) is 19.1 Å². The lowest BCUT2D eigenvalue weighted by Gasteiger charge is -2.32. The Morgan fingerprint density at radius 2 is 0.352 bits per heavy atom. The molecule has 0 aromatic carbocycles. The van der Waals surface area contributed by atoms with E-state index < -0.39 is 0 Å². The summed E-state index contributed by atoms with van der Waals surface area (Å²) in [5.74, 6) is 0.294. The van der Waals surface area contributed by atoms with Crippen molar-refractivity contribution < 1.29 is 19.1 Å². The number of hydrogen-bond acceptors (Lipinski definition) is 4. The van der Waals surface area contributed by atoms with Crippen molar-refractivity contribution in [2.75, 3.05) is 13.2 Å². The first kappa shape index (κ1) is 86.4. The summed E-state index contributed by atoms with van der Waals surface area (Å²) < 4.78 is 12.8. The van der Waals surface area contributed by atoms with Crippen molar-refractivity contribution in [2.45, 2.75) is 478 Å². The highest BCUT2D eigenvalue weighted by Gasteiger charge is 2.39. The maximum absolute atomic E-state index is 14.7. The monoisotopic (exact) mass is 1240 g/mol. The number of ether oxygens (including phenoxy) is 2. The van der Waals surface area contributed by atoms with Gasteiger partial charge in [-0.05, 0) is 103 Å². The van der Waals surface area contributed by atoms with Gasteiger partial charge in [-0.3, -0.25) is 9.59 Å². The summed E-state index contributed by atoms with van der Waals surface area (Å²) in [5.41, 5.74) is -0.680. The van der Waals surface area contributed by atoms with E-state index in [-0.39, 0.29) is 22.8 Å². The number of unbranched alkanes of at least 4 members (excludes halogenated alkanes) is 53. The van der Waals surface area contributed by atoms with Gasteiger partial charge in [0.1, 0.15) is 0 Å². The molecule has 0 amide bonds. The van der Waals surface area contributed by atoms with Crippen LogP contribution in [0, 0.1) is 10.8 Å². The Morgan fingerprint density at radius 1 is 0.205 bits per heavy atom. The molecule has 0 N–H and O–H groups in total. The molecule has 0 rings (SSSR count). The number of carbonyl (C=O) groups is 2. The van der Waals surface area contributed by atoms with Crippen LogP contribution in [0.4, 0.5) is 0 Å². The summed E-state index contributed by atoms with van der Waals surface area (Å²) in [6.07, 6.45) is 95.0. The van der Waals surface area contributed by atoms with Gasteiger partial charge in [0.05, 0.1) is 24.0 Å². The van der Waals surface area contributed by atoms with Crippen molar-refractivity contribution in [1.82, 2.24) is 0 Å². The van der Waals surface area contributed by atoms with Crippen LogP contribution in [0.25, 0.3) is 0 Å². The Bertz CT molecular complexity index is 1330. The molecule has 0 fully saturated rings. The highest BCUT2D eigenvalue weighted by molar-refractivity contribution is 5.77. The van der Waals surface area contributed by atoms with Crippen molar-refractivity contribution in [2.24, 2.45) is 10.8 Å². The largest absolute Gasteiger partial charge is 0.465 e. The van der Waals surface area contributed by atoms with Crippen LogP contribution >= 0.6 is 0 Å². The molecule has 0 saturated carbocycles. The third kappa shape index (κ3) is 57.1. The van der Waals surface area contributed by atoms with Gasteiger partial charge in [-0.1, -0.05) is 400 Å². The summed E-state index contributed by atoms with van der Waals surface area (Å²) in [5, 5.41) is 0. The van der Waals surface area contributed by atoms with Gasteiger partial charge in [0.2, 0.25) is 0 Å². The molecule has 0 bridgehead atoms. The third-order valence-corrected chi connectivity index (χ3v) is 20.2. The number of allylic oxidation sites excluding steroid dienone is 4. The van der Waals surface area contributed by atoms with Gasteiger partial charge in [0.25, 0.3) is 0 Å². The molecule has 0 radical (unpaired) electrons. The fraction of sp³-hybridized carbons (Fsp3) is 0.929. The van der Waals surface area contributed by atoms with Gasteiger partial charge in [-0.25, -0.2) is 0 Å².